The first-order chi connectivity index (χ1) is 8.37. The van der Waals surface area contributed by atoms with E-state index in [9.17, 15) is 8.78 Å². The summed E-state index contributed by atoms with van der Waals surface area (Å²) in [5, 5.41) is 3.29. The summed E-state index contributed by atoms with van der Waals surface area (Å²) in [7, 11) is 0. The Morgan fingerprint density at radius 3 is 2.56 bits per heavy atom. The second-order valence-electron chi connectivity index (χ2n) is 5.43. The van der Waals surface area contributed by atoms with Crippen LogP contribution in [-0.4, -0.2) is 12.3 Å². The van der Waals surface area contributed by atoms with E-state index in [4.69, 9.17) is 4.42 Å². The molecule has 0 fully saturated rings. The molecule has 1 aromatic heterocycles. The molecule has 0 aliphatic rings. The Morgan fingerprint density at radius 2 is 1.94 bits per heavy atom. The molecule has 0 radical (unpaired) electrons. The van der Waals surface area contributed by atoms with Crippen molar-refractivity contribution in [1.29, 1.82) is 0 Å². The zero-order valence-corrected chi connectivity index (χ0v) is 11.9. The van der Waals surface area contributed by atoms with E-state index in [1.807, 2.05) is 6.07 Å². The Balaban J connectivity index is 2.23. The van der Waals surface area contributed by atoms with Crippen LogP contribution in [0.25, 0.3) is 0 Å². The van der Waals surface area contributed by atoms with Crippen molar-refractivity contribution in [3.63, 3.8) is 0 Å². The summed E-state index contributed by atoms with van der Waals surface area (Å²) in [6, 6.07) is 3.60. The summed E-state index contributed by atoms with van der Waals surface area (Å²) in [5.74, 6) is -0.718. The fourth-order valence-electron chi connectivity index (χ4n) is 1.42. The van der Waals surface area contributed by atoms with Gasteiger partial charge in [0.1, 0.15) is 11.5 Å². The summed E-state index contributed by atoms with van der Waals surface area (Å²) in [5.41, 5.74) is 0.315. The van der Waals surface area contributed by atoms with Crippen molar-refractivity contribution >= 4 is 11.8 Å². The molecule has 5 heteroatoms. The van der Waals surface area contributed by atoms with E-state index in [1.54, 1.807) is 6.07 Å². The van der Waals surface area contributed by atoms with Crippen molar-refractivity contribution < 1.29 is 13.2 Å². The molecule has 2 nitrogen and oxygen atoms in total. The molecule has 0 spiro atoms. The molecule has 0 atom stereocenters. The van der Waals surface area contributed by atoms with Crippen LogP contribution < -0.4 is 5.32 Å². The standard InChI is InChI=1S/C13H21F2NOS/c1-13(2,3)6-7-16-8-10-4-5-11(17-10)9-18-12(14)15/h4-5,12,16H,6-9H2,1-3H3. The quantitative estimate of drug-likeness (QED) is 0.754. The first-order valence-electron chi connectivity index (χ1n) is 6.05. The van der Waals surface area contributed by atoms with E-state index in [2.05, 4.69) is 26.1 Å². The van der Waals surface area contributed by atoms with E-state index < -0.39 is 5.76 Å². The molecule has 0 amide bonds. The highest BCUT2D eigenvalue weighted by Crippen LogP contribution is 2.21. The molecule has 18 heavy (non-hydrogen) atoms. The van der Waals surface area contributed by atoms with E-state index in [-0.39, 0.29) is 5.75 Å². The number of halogens is 2. The highest BCUT2D eigenvalue weighted by molar-refractivity contribution is 7.98. The molecule has 0 bridgehead atoms. The highest BCUT2D eigenvalue weighted by Gasteiger charge is 2.10. The number of thioether (sulfide) groups is 1. The van der Waals surface area contributed by atoms with Crippen molar-refractivity contribution in [2.24, 2.45) is 5.41 Å². The van der Waals surface area contributed by atoms with Crippen LogP contribution in [-0.2, 0) is 12.3 Å². The normalized spacial score (nSPS) is 12.3. The fraction of sp³-hybridized carbons (Fsp3) is 0.692. The van der Waals surface area contributed by atoms with Gasteiger partial charge in [0.2, 0.25) is 0 Å². The maximum absolute atomic E-state index is 12.0. The van der Waals surface area contributed by atoms with Crippen molar-refractivity contribution in [3.8, 4) is 0 Å². The van der Waals surface area contributed by atoms with Gasteiger partial charge in [-0.3, -0.25) is 0 Å². The monoisotopic (exact) mass is 277 g/mol. The summed E-state index contributed by atoms with van der Waals surface area (Å²) in [4.78, 5) is 0. The van der Waals surface area contributed by atoms with Gasteiger partial charge in [0.05, 0.1) is 12.3 Å². The predicted molar refractivity (Wildman–Crippen MR) is 71.8 cm³/mol. The second-order valence-corrected chi connectivity index (χ2v) is 6.41. The SMILES string of the molecule is CC(C)(C)CCNCc1ccc(CSC(F)F)o1. The third-order valence-electron chi connectivity index (χ3n) is 2.42. The maximum atomic E-state index is 12.0. The molecule has 0 saturated carbocycles. The number of hydrogen-bond donors (Lipinski definition) is 1. The molecule has 0 aliphatic carbocycles. The van der Waals surface area contributed by atoms with Gasteiger partial charge < -0.3 is 9.73 Å². The molecule has 0 aromatic carbocycles. The smallest absolute Gasteiger partial charge is 0.284 e. The minimum absolute atomic E-state index is 0.222. The molecule has 1 heterocycles. The minimum atomic E-state index is -2.34. The second kappa shape index (κ2) is 7.14. The average molecular weight is 277 g/mol. The number of alkyl halides is 2. The minimum Gasteiger partial charge on any atom is -0.464 e. The van der Waals surface area contributed by atoms with Gasteiger partial charge in [-0.05, 0) is 30.5 Å². The number of furan rings is 1. The van der Waals surface area contributed by atoms with Gasteiger partial charge in [-0.2, -0.15) is 8.78 Å². The van der Waals surface area contributed by atoms with Gasteiger partial charge in [-0.1, -0.05) is 32.5 Å². The van der Waals surface area contributed by atoms with Crippen LogP contribution in [0.3, 0.4) is 0 Å². The molecular weight excluding hydrogens is 256 g/mol. The number of hydrogen-bond acceptors (Lipinski definition) is 3. The number of rotatable bonds is 7. The lowest BCUT2D eigenvalue weighted by Crippen LogP contribution is -2.19. The van der Waals surface area contributed by atoms with Crippen LogP contribution in [0, 0.1) is 5.41 Å². The van der Waals surface area contributed by atoms with Gasteiger partial charge in [-0.25, -0.2) is 0 Å². The maximum Gasteiger partial charge on any atom is 0.284 e. The van der Waals surface area contributed by atoms with Crippen LogP contribution in [0.2, 0.25) is 0 Å². The van der Waals surface area contributed by atoms with E-state index >= 15 is 0 Å². The summed E-state index contributed by atoms with van der Waals surface area (Å²) in [6.45, 7) is 8.16. The molecular formula is C13H21F2NOS. The van der Waals surface area contributed by atoms with Crippen LogP contribution in [0.4, 0.5) is 8.78 Å². The molecule has 1 N–H and O–H groups in total. The molecule has 0 saturated heterocycles. The lowest BCUT2D eigenvalue weighted by atomic mass is 9.92. The zero-order valence-electron chi connectivity index (χ0n) is 11.1. The number of nitrogens with one attached hydrogen (secondary N) is 1. The lowest BCUT2D eigenvalue weighted by molar-refractivity contribution is 0.251. The van der Waals surface area contributed by atoms with Crippen LogP contribution >= 0.6 is 11.8 Å². The predicted octanol–water partition coefficient (Wildman–Crippen LogP) is 4.26. The van der Waals surface area contributed by atoms with Crippen LogP contribution in [0.1, 0.15) is 38.7 Å². The first kappa shape index (κ1) is 15.5. The Hall–Kier alpha value is -0.550. The zero-order chi connectivity index (χ0) is 13.6. The lowest BCUT2D eigenvalue weighted by Gasteiger charge is -2.17. The summed E-state index contributed by atoms with van der Waals surface area (Å²) < 4.78 is 29.4. The summed E-state index contributed by atoms with van der Waals surface area (Å²) in [6.07, 6.45) is 1.09. The topological polar surface area (TPSA) is 25.2 Å². The Bertz CT molecular complexity index is 347. The largest absolute Gasteiger partial charge is 0.464 e. The van der Waals surface area contributed by atoms with Crippen LogP contribution in [0.15, 0.2) is 16.5 Å². The molecule has 1 aromatic rings. The van der Waals surface area contributed by atoms with E-state index in [0.29, 0.717) is 29.5 Å². The van der Waals surface area contributed by atoms with Gasteiger partial charge >= 0.3 is 0 Å². The molecule has 1 rings (SSSR count). The van der Waals surface area contributed by atoms with Crippen molar-refractivity contribution in [2.75, 3.05) is 6.54 Å². The Labute approximate surface area is 112 Å². The fourth-order valence-corrected chi connectivity index (χ4v) is 1.86. The first-order valence-corrected chi connectivity index (χ1v) is 7.10. The van der Waals surface area contributed by atoms with Crippen molar-refractivity contribution in [1.82, 2.24) is 5.32 Å². The Morgan fingerprint density at radius 1 is 1.28 bits per heavy atom. The third kappa shape index (κ3) is 7.01. The van der Waals surface area contributed by atoms with E-state index in [1.165, 1.54) is 0 Å². The Kier molecular flexibility index (Phi) is 6.15. The summed E-state index contributed by atoms with van der Waals surface area (Å²) >= 11 is 0.582. The molecule has 0 unspecified atom stereocenters. The van der Waals surface area contributed by atoms with E-state index in [0.717, 1.165) is 18.7 Å². The average Bonchev–Trinajstić information content (AvgIpc) is 2.68. The van der Waals surface area contributed by atoms with Crippen molar-refractivity contribution in [2.45, 2.75) is 45.2 Å². The van der Waals surface area contributed by atoms with Gasteiger partial charge in [0, 0.05) is 0 Å². The molecule has 0 aliphatic heterocycles. The van der Waals surface area contributed by atoms with Crippen molar-refractivity contribution in [3.05, 3.63) is 23.7 Å². The van der Waals surface area contributed by atoms with Gasteiger partial charge in [0.25, 0.3) is 5.76 Å². The highest BCUT2D eigenvalue weighted by atomic mass is 32.2. The molecule has 104 valence electrons. The third-order valence-corrected chi connectivity index (χ3v) is 3.12. The van der Waals surface area contributed by atoms with Gasteiger partial charge in [0.15, 0.2) is 0 Å². The van der Waals surface area contributed by atoms with Crippen LogP contribution in [0.5, 0.6) is 0 Å². The van der Waals surface area contributed by atoms with Gasteiger partial charge in [-0.15, -0.1) is 0 Å².